The van der Waals surface area contributed by atoms with E-state index in [1.165, 1.54) is 20.2 Å². The fraction of sp³-hybridized carbons (Fsp3) is 0.425. The predicted molar refractivity (Wildman–Crippen MR) is 209 cm³/mol. The van der Waals surface area contributed by atoms with Gasteiger partial charge in [-0.05, 0) is 67.0 Å². The van der Waals surface area contributed by atoms with Gasteiger partial charge in [-0.25, -0.2) is 0 Å². The van der Waals surface area contributed by atoms with Crippen molar-refractivity contribution in [2.24, 2.45) is 22.2 Å². The molecule has 306 valence electrons. The summed E-state index contributed by atoms with van der Waals surface area (Å²) in [6.45, 7) is 1.46. The van der Waals surface area contributed by atoms with Crippen LogP contribution in [0, 0.1) is 0 Å². The number of aliphatic imine (C=N–C) groups is 1. The summed E-state index contributed by atoms with van der Waals surface area (Å²) in [5.74, 6) is -1.31. The third kappa shape index (κ3) is 7.94. The topological polar surface area (TPSA) is 289 Å². The van der Waals surface area contributed by atoms with Crippen molar-refractivity contribution in [2.75, 3.05) is 27.3 Å². The molecular weight excluding hydrogens is 738 g/mol. The molecule has 6 unspecified atom stereocenters. The number of allylic oxidation sites excluding steroid dienone is 4. The number of aromatic hydroxyl groups is 1. The van der Waals surface area contributed by atoms with Crippen molar-refractivity contribution in [1.29, 1.82) is 0 Å². The Hall–Kier alpha value is -5.43. The molecule has 6 atom stereocenters. The lowest BCUT2D eigenvalue weighted by Gasteiger charge is -2.48. The zero-order chi connectivity index (χ0) is 41.2. The van der Waals surface area contributed by atoms with E-state index in [4.69, 9.17) is 31.4 Å². The quantitative estimate of drug-likeness (QED) is 0.0782. The van der Waals surface area contributed by atoms with Gasteiger partial charge in [0.1, 0.15) is 41.2 Å². The van der Waals surface area contributed by atoms with Crippen LogP contribution in [0.15, 0.2) is 64.6 Å². The van der Waals surface area contributed by atoms with E-state index in [-0.39, 0.29) is 71.7 Å². The van der Waals surface area contributed by atoms with Crippen LogP contribution in [0.25, 0.3) is 0 Å². The molecule has 1 aliphatic carbocycles. The second-order valence-corrected chi connectivity index (χ2v) is 14.3. The maximum Gasteiger partial charge on any atom is 0.229 e. The van der Waals surface area contributed by atoms with Gasteiger partial charge in [-0.2, -0.15) is 0 Å². The number of dihydropyridines is 2. The highest BCUT2D eigenvalue weighted by molar-refractivity contribution is 6.31. The summed E-state index contributed by atoms with van der Waals surface area (Å²) in [5, 5.41) is 65.5. The first-order chi connectivity index (χ1) is 27.3. The van der Waals surface area contributed by atoms with Crippen LogP contribution in [0.4, 0.5) is 0 Å². The number of guanidine groups is 1. The summed E-state index contributed by atoms with van der Waals surface area (Å²) in [6, 6.07) is 2.96. The van der Waals surface area contributed by atoms with E-state index in [9.17, 15) is 35.1 Å². The number of fused-ring (bicyclic) bond motifs is 2. The number of nitrogens with zero attached hydrogens (tertiary/aromatic N) is 1. The van der Waals surface area contributed by atoms with Crippen molar-refractivity contribution in [3.05, 3.63) is 98.5 Å². The van der Waals surface area contributed by atoms with Gasteiger partial charge in [0, 0.05) is 54.7 Å². The Morgan fingerprint density at radius 3 is 2.51 bits per heavy atom. The molecule has 1 fully saturated rings. The number of hydrogen-bond acceptors (Lipinski definition) is 15. The second-order valence-electron chi connectivity index (χ2n) is 14.3. The molecular formula is C40H51N7O10. The second kappa shape index (κ2) is 17.0. The molecule has 4 aliphatic rings. The van der Waals surface area contributed by atoms with E-state index >= 15 is 0 Å². The van der Waals surface area contributed by atoms with E-state index in [0.29, 0.717) is 41.9 Å². The summed E-state index contributed by atoms with van der Waals surface area (Å²) in [5.41, 5.74) is 18.0. The number of aryl methyl sites for hydroxylation is 1. The summed E-state index contributed by atoms with van der Waals surface area (Å²) in [6.07, 6.45) is 3.00. The Morgan fingerprint density at radius 1 is 1.09 bits per heavy atom. The molecule has 2 aromatic carbocycles. The number of hydrogen-bond donors (Lipinski definition) is 11. The van der Waals surface area contributed by atoms with Crippen LogP contribution in [0.1, 0.15) is 74.7 Å². The van der Waals surface area contributed by atoms with Crippen LogP contribution >= 0.6 is 0 Å². The molecule has 17 heteroatoms. The molecule has 0 amide bonds. The molecule has 6 rings (SSSR count). The standard InChI is InChI=1S/C40H51N7O10/c1-4-22-25(55-3)15-26(56-38-36(52)37(53)40(54,27(18-48)57-38)11-9-19-10-12-45-29(42)13-19)32-30(22)33(49)23-14-21(7-5-20-6-8-28(41)46-16-20)24(17-47-39(43)44-2)34(50)31(23)35(32)51/h6,8,10,13-16,27-28,36-38,45-46,48,50,52-54H,4-5,7,9,11-12,17-18,41-42H2,1-3H3,(H3,43,44,47). The first kappa shape index (κ1) is 41.2. The van der Waals surface area contributed by atoms with E-state index in [1.54, 1.807) is 25.3 Å². The molecule has 17 nitrogen and oxygen atoms in total. The number of methoxy groups -OCH3 is 1. The fourth-order valence-corrected chi connectivity index (χ4v) is 7.71. The van der Waals surface area contributed by atoms with E-state index in [2.05, 4.69) is 20.9 Å². The van der Waals surface area contributed by atoms with Crippen LogP contribution in [0.3, 0.4) is 0 Å². The van der Waals surface area contributed by atoms with E-state index in [1.807, 2.05) is 18.2 Å². The van der Waals surface area contributed by atoms with Gasteiger partial charge in [-0.1, -0.05) is 19.1 Å². The average Bonchev–Trinajstić information content (AvgIpc) is 3.20. The number of benzene rings is 2. The lowest BCUT2D eigenvalue weighted by molar-refractivity contribution is -0.314. The van der Waals surface area contributed by atoms with Crippen LogP contribution in [-0.4, -0.2) is 107 Å². The highest BCUT2D eigenvalue weighted by Crippen LogP contribution is 2.45. The number of phenols is 1. The minimum Gasteiger partial charge on any atom is -0.507 e. The van der Waals surface area contributed by atoms with Crippen molar-refractivity contribution in [3.8, 4) is 17.2 Å². The number of aliphatic hydroxyl groups is 4. The zero-order valence-electron chi connectivity index (χ0n) is 32.0. The predicted octanol–water partition coefficient (Wildman–Crippen LogP) is -0.308. The number of nitrogens with two attached hydrogens (primary N) is 3. The van der Waals surface area contributed by atoms with Crippen molar-refractivity contribution in [2.45, 2.75) is 81.9 Å². The molecule has 57 heavy (non-hydrogen) atoms. The van der Waals surface area contributed by atoms with Gasteiger partial charge < -0.3 is 72.9 Å². The van der Waals surface area contributed by atoms with Gasteiger partial charge in [0.25, 0.3) is 0 Å². The lowest BCUT2D eigenvalue weighted by Crippen LogP contribution is -2.67. The number of carbonyl (C=O) groups is 2. The highest BCUT2D eigenvalue weighted by Gasteiger charge is 2.55. The molecule has 0 bridgehead atoms. The van der Waals surface area contributed by atoms with Gasteiger partial charge in [0.2, 0.25) is 12.1 Å². The monoisotopic (exact) mass is 789 g/mol. The Labute approximate surface area is 329 Å². The van der Waals surface area contributed by atoms with Crippen molar-refractivity contribution < 1.29 is 49.3 Å². The van der Waals surface area contributed by atoms with Crippen molar-refractivity contribution >= 4 is 17.5 Å². The molecule has 2 aromatic rings. The third-order valence-corrected chi connectivity index (χ3v) is 10.9. The van der Waals surface area contributed by atoms with Crippen molar-refractivity contribution in [1.82, 2.24) is 16.0 Å². The number of rotatable bonds is 13. The summed E-state index contributed by atoms with van der Waals surface area (Å²) >= 11 is 0. The van der Waals surface area contributed by atoms with Gasteiger partial charge in [0.15, 0.2) is 11.7 Å². The number of aliphatic hydroxyl groups excluding tert-OH is 3. The fourth-order valence-electron chi connectivity index (χ4n) is 7.71. The normalized spacial score (nSPS) is 25.6. The molecule has 3 heterocycles. The minimum absolute atomic E-state index is 0.0253. The van der Waals surface area contributed by atoms with Gasteiger partial charge in [-0.15, -0.1) is 0 Å². The Morgan fingerprint density at radius 2 is 1.86 bits per heavy atom. The number of phenolic OH excluding ortho intramolecular Hbond substituents is 1. The first-order valence-corrected chi connectivity index (χ1v) is 18.7. The highest BCUT2D eigenvalue weighted by atomic mass is 16.7. The van der Waals surface area contributed by atoms with E-state index in [0.717, 1.165) is 11.1 Å². The van der Waals surface area contributed by atoms with Crippen LogP contribution in [-0.2, 0) is 24.1 Å². The van der Waals surface area contributed by atoms with Gasteiger partial charge >= 0.3 is 0 Å². The minimum atomic E-state index is -2.12. The lowest BCUT2D eigenvalue weighted by atomic mass is 9.77. The maximum atomic E-state index is 14.7. The number of ketones is 2. The number of ether oxygens (including phenoxy) is 3. The summed E-state index contributed by atoms with van der Waals surface area (Å²) in [4.78, 5) is 33.3. The smallest absolute Gasteiger partial charge is 0.229 e. The SMILES string of the molecule is CCc1c(OC)cc(OC2OC(CO)C(O)(CCC3=CCNC(N)=C3)C(O)C2O)c2c1C(=O)c1cc(CCC3=CNC(N)C=C3)c(CNC(N)=NC)c(O)c1C2=O. The Bertz CT molecular complexity index is 2070. The maximum absolute atomic E-state index is 14.7. The molecule has 1 saturated heterocycles. The summed E-state index contributed by atoms with van der Waals surface area (Å²) in [7, 11) is 2.88. The number of carbonyl (C=O) groups excluding carboxylic acids is 2. The summed E-state index contributed by atoms with van der Waals surface area (Å²) < 4.78 is 17.7. The van der Waals surface area contributed by atoms with Crippen molar-refractivity contribution in [3.63, 3.8) is 0 Å². The van der Waals surface area contributed by atoms with Crippen LogP contribution in [0.5, 0.6) is 17.2 Å². The Balaban J connectivity index is 1.38. The van der Waals surface area contributed by atoms with Gasteiger partial charge in [0.05, 0.1) is 36.8 Å². The molecule has 14 N–H and O–H groups in total. The molecule has 0 saturated carbocycles. The van der Waals surface area contributed by atoms with Crippen LogP contribution < -0.4 is 42.6 Å². The van der Waals surface area contributed by atoms with E-state index < -0.39 is 54.1 Å². The van der Waals surface area contributed by atoms with Crippen LogP contribution in [0.2, 0.25) is 0 Å². The zero-order valence-corrected chi connectivity index (χ0v) is 32.0. The van der Waals surface area contributed by atoms with Gasteiger partial charge in [-0.3, -0.25) is 14.6 Å². The first-order valence-electron chi connectivity index (χ1n) is 18.7. The molecule has 3 aliphatic heterocycles. The average molecular weight is 790 g/mol. The molecule has 0 spiro atoms. The molecule has 0 radical (unpaired) electrons. The third-order valence-electron chi connectivity index (χ3n) is 10.9. The Kier molecular flexibility index (Phi) is 12.3. The number of nitrogens with one attached hydrogen (secondary N) is 3. The molecule has 0 aromatic heterocycles. The largest absolute Gasteiger partial charge is 0.507 e.